The van der Waals surface area contributed by atoms with E-state index < -0.39 is 0 Å². The van der Waals surface area contributed by atoms with Crippen LogP contribution in [0.15, 0.2) is 81.0 Å². The van der Waals surface area contributed by atoms with Gasteiger partial charge in [-0.2, -0.15) is 0 Å². The molecule has 0 N–H and O–H groups in total. The summed E-state index contributed by atoms with van der Waals surface area (Å²) in [6.45, 7) is 0.625. The summed E-state index contributed by atoms with van der Waals surface area (Å²) in [5, 5.41) is 2.41. The fraction of sp³-hybridized carbons (Fsp3) is 0.321. The number of rotatable bonds is 4. The molecule has 4 aromatic rings. The predicted molar refractivity (Wildman–Crippen MR) is 139 cm³/mol. The number of furan rings is 1. The predicted octanol–water partition coefficient (Wildman–Crippen LogP) is 7.52. The van der Waals surface area contributed by atoms with Crippen LogP contribution in [0.1, 0.15) is 41.4 Å². The third-order valence-corrected chi connectivity index (χ3v) is 11.1. The summed E-state index contributed by atoms with van der Waals surface area (Å²) >= 11 is 9.87. The minimum Gasteiger partial charge on any atom is -0.460 e. The highest BCUT2D eigenvalue weighted by atomic mass is 35.5. The molecule has 0 spiro atoms. The third-order valence-electron chi connectivity index (χ3n) is 7.95. The molecule has 2 aliphatic carbocycles. The maximum atomic E-state index is 13.3. The zero-order valence-electron chi connectivity index (χ0n) is 18.5. The van der Waals surface area contributed by atoms with Crippen molar-refractivity contribution in [1.29, 1.82) is 0 Å². The first-order valence-corrected chi connectivity index (χ1v) is 14.0. The van der Waals surface area contributed by atoms with Gasteiger partial charge in [0.15, 0.2) is 0 Å². The van der Waals surface area contributed by atoms with Gasteiger partial charge in [0.1, 0.15) is 11.5 Å². The molecule has 6 heteroatoms. The van der Waals surface area contributed by atoms with Crippen LogP contribution in [-0.4, -0.2) is 9.82 Å². The average Bonchev–Trinajstić information content (AvgIpc) is 3.64. The Morgan fingerprint density at radius 3 is 2.62 bits per heavy atom. The lowest BCUT2D eigenvalue weighted by molar-refractivity contribution is 0.283. The highest BCUT2D eigenvalue weighted by Gasteiger charge is 2.56. The standard InChI is InChI=1S/C28H24ClNO2S2/c29-20-9-5-4-8-19(20)21-12-13-22(32-21)24-23-17-10-11-18(14-17)25(23)33-27-26(24)34-28(31)30(27)15-16-6-2-1-3-7-16/h1-9,12-13,17-18,23-25H,10-11,14-15H2/t17-,18+,23-,24-,25+/m1/s1. The zero-order valence-corrected chi connectivity index (χ0v) is 20.9. The van der Waals surface area contributed by atoms with Crippen LogP contribution in [0.4, 0.5) is 0 Å². The van der Waals surface area contributed by atoms with Crippen molar-refractivity contribution in [2.45, 2.75) is 42.0 Å². The van der Waals surface area contributed by atoms with Gasteiger partial charge in [-0.15, -0.1) is 11.8 Å². The van der Waals surface area contributed by atoms with Crippen molar-refractivity contribution in [2.24, 2.45) is 17.8 Å². The average molecular weight is 506 g/mol. The highest BCUT2D eigenvalue weighted by molar-refractivity contribution is 8.00. The second-order valence-electron chi connectivity index (χ2n) is 9.76. The van der Waals surface area contributed by atoms with Crippen molar-refractivity contribution >= 4 is 34.7 Å². The van der Waals surface area contributed by atoms with Crippen molar-refractivity contribution in [3.05, 3.63) is 97.6 Å². The van der Waals surface area contributed by atoms with Gasteiger partial charge in [0, 0.05) is 10.8 Å². The monoisotopic (exact) mass is 505 g/mol. The quantitative estimate of drug-likeness (QED) is 0.287. The van der Waals surface area contributed by atoms with Gasteiger partial charge in [0.25, 0.3) is 0 Å². The number of halogens is 1. The number of benzene rings is 2. The number of hydrogen-bond acceptors (Lipinski definition) is 4. The first-order chi connectivity index (χ1) is 16.7. The Balaban J connectivity index is 1.35. The minimum atomic E-state index is 0.136. The summed E-state index contributed by atoms with van der Waals surface area (Å²) in [5.74, 6) is 3.92. The van der Waals surface area contributed by atoms with Gasteiger partial charge < -0.3 is 4.42 Å². The number of hydrogen-bond donors (Lipinski definition) is 0. The molecule has 2 saturated carbocycles. The van der Waals surface area contributed by atoms with E-state index in [9.17, 15) is 4.79 Å². The maximum Gasteiger partial charge on any atom is 0.308 e. The lowest BCUT2D eigenvalue weighted by Gasteiger charge is -2.39. The Kier molecular flexibility index (Phi) is 5.08. The topological polar surface area (TPSA) is 35.1 Å². The molecule has 172 valence electrons. The molecule has 3 heterocycles. The van der Waals surface area contributed by atoms with Gasteiger partial charge in [0.05, 0.1) is 27.4 Å². The summed E-state index contributed by atoms with van der Waals surface area (Å²) in [6, 6.07) is 22.3. The molecular formula is C28H24ClNO2S2. The fourth-order valence-corrected chi connectivity index (χ4v) is 9.86. The number of aromatic nitrogens is 1. The van der Waals surface area contributed by atoms with Gasteiger partial charge in [0.2, 0.25) is 0 Å². The van der Waals surface area contributed by atoms with Crippen LogP contribution in [0.2, 0.25) is 5.02 Å². The summed E-state index contributed by atoms with van der Waals surface area (Å²) < 4.78 is 8.54. The number of nitrogens with zero attached hydrogens (tertiary/aromatic N) is 1. The Labute approximate surface area is 211 Å². The Bertz CT molecular complexity index is 1420. The van der Waals surface area contributed by atoms with Crippen LogP contribution in [0.25, 0.3) is 11.3 Å². The van der Waals surface area contributed by atoms with Gasteiger partial charge in [-0.05, 0) is 66.8 Å². The van der Waals surface area contributed by atoms with Crippen LogP contribution in [0.5, 0.6) is 0 Å². The van der Waals surface area contributed by atoms with Gasteiger partial charge in [-0.3, -0.25) is 9.36 Å². The van der Waals surface area contributed by atoms with E-state index in [2.05, 4.69) is 18.2 Å². The van der Waals surface area contributed by atoms with Crippen LogP contribution in [0, 0.1) is 17.8 Å². The van der Waals surface area contributed by atoms with Crippen molar-refractivity contribution < 1.29 is 4.42 Å². The van der Waals surface area contributed by atoms with Gasteiger partial charge in [-0.25, -0.2) is 0 Å². The maximum absolute atomic E-state index is 13.3. The van der Waals surface area contributed by atoms with E-state index in [0.717, 1.165) is 33.6 Å². The van der Waals surface area contributed by atoms with Gasteiger partial charge in [-0.1, -0.05) is 65.4 Å². The molecular weight excluding hydrogens is 482 g/mol. The molecule has 0 saturated heterocycles. The Morgan fingerprint density at radius 1 is 0.971 bits per heavy atom. The smallest absolute Gasteiger partial charge is 0.308 e. The van der Waals surface area contributed by atoms with Crippen molar-refractivity contribution in [1.82, 2.24) is 4.57 Å². The summed E-state index contributed by atoms with van der Waals surface area (Å²) in [7, 11) is 0. The molecule has 3 nitrogen and oxygen atoms in total. The lowest BCUT2D eigenvalue weighted by atomic mass is 9.77. The molecule has 0 radical (unpaired) electrons. The van der Waals surface area contributed by atoms with Crippen LogP contribution in [-0.2, 0) is 6.54 Å². The SMILES string of the molecule is O=c1sc2c(n1Cc1ccccc1)S[C@H]1[C@H]3CC[C@H](C3)[C@@H]1[C@H]2c1ccc(-c2ccccc2Cl)o1. The molecule has 2 bridgehead atoms. The molecule has 7 rings (SSSR count). The molecule has 3 aliphatic rings. The summed E-state index contributed by atoms with van der Waals surface area (Å²) in [6.07, 6.45) is 3.93. The molecule has 1 aliphatic heterocycles. The first kappa shape index (κ1) is 21.1. The minimum absolute atomic E-state index is 0.136. The molecule has 2 fully saturated rings. The van der Waals surface area contributed by atoms with E-state index in [-0.39, 0.29) is 10.8 Å². The first-order valence-electron chi connectivity index (χ1n) is 12.0. The van der Waals surface area contributed by atoms with E-state index in [0.29, 0.717) is 28.7 Å². The van der Waals surface area contributed by atoms with Crippen molar-refractivity contribution in [2.75, 3.05) is 0 Å². The number of thiazole rings is 1. The van der Waals surface area contributed by atoms with Crippen LogP contribution >= 0.6 is 34.7 Å². The van der Waals surface area contributed by atoms with Crippen LogP contribution in [0.3, 0.4) is 0 Å². The molecule has 34 heavy (non-hydrogen) atoms. The Morgan fingerprint density at radius 2 is 1.76 bits per heavy atom. The number of fused-ring (bicyclic) bond motifs is 6. The van der Waals surface area contributed by atoms with Gasteiger partial charge >= 0.3 is 4.87 Å². The lowest BCUT2D eigenvalue weighted by Crippen LogP contribution is -2.34. The second kappa shape index (κ2) is 8.18. The van der Waals surface area contributed by atoms with Crippen LogP contribution < -0.4 is 4.87 Å². The van der Waals surface area contributed by atoms with E-state index in [1.54, 1.807) is 0 Å². The summed E-state index contributed by atoms with van der Waals surface area (Å²) in [5.41, 5.74) is 2.08. The Hall–Kier alpha value is -2.21. The van der Waals surface area contributed by atoms with Crippen molar-refractivity contribution in [3.8, 4) is 11.3 Å². The normalized spacial score (nSPS) is 27.0. The summed E-state index contributed by atoms with van der Waals surface area (Å²) in [4.78, 5) is 14.6. The molecule has 2 aromatic carbocycles. The molecule has 0 amide bonds. The third kappa shape index (κ3) is 3.28. The van der Waals surface area contributed by atoms with E-state index in [1.807, 2.05) is 64.9 Å². The molecule has 2 aromatic heterocycles. The second-order valence-corrected chi connectivity index (χ2v) is 12.3. The largest absolute Gasteiger partial charge is 0.460 e. The van der Waals surface area contributed by atoms with E-state index >= 15 is 0 Å². The number of thioether (sulfide) groups is 1. The highest BCUT2D eigenvalue weighted by Crippen LogP contribution is 2.64. The molecule has 5 atom stereocenters. The van der Waals surface area contributed by atoms with E-state index in [4.69, 9.17) is 16.0 Å². The van der Waals surface area contributed by atoms with E-state index in [1.165, 1.54) is 35.5 Å². The van der Waals surface area contributed by atoms with Crippen molar-refractivity contribution in [3.63, 3.8) is 0 Å². The zero-order chi connectivity index (χ0) is 22.8. The molecule has 0 unspecified atom stereocenters. The fourth-order valence-electron chi connectivity index (χ4n) is 6.50.